The standard InChI is InChI=1S/C23H32N4O2S/c1-16-8-4-5-9-20(16)27-21(18-10-12-19(29-3)13-11-18)24-25-23(27)30-17(2)22(28)26-14-6-7-15-26/h10-13,16-17,20H,4-9,14-15H2,1-3H3/t16-,17-,20-/m0/s1. The Morgan fingerprint density at radius 2 is 1.80 bits per heavy atom. The number of likely N-dealkylation sites (tertiary alicyclic amines) is 1. The van der Waals surface area contributed by atoms with Crippen LogP contribution in [-0.2, 0) is 4.79 Å². The topological polar surface area (TPSA) is 60.3 Å². The van der Waals surface area contributed by atoms with Gasteiger partial charge in [-0.2, -0.15) is 0 Å². The van der Waals surface area contributed by atoms with E-state index in [0.29, 0.717) is 12.0 Å². The monoisotopic (exact) mass is 428 g/mol. The number of carbonyl (C=O) groups is 1. The number of methoxy groups -OCH3 is 1. The molecule has 2 fully saturated rings. The van der Waals surface area contributed by atoms with Crippen LogP contribution in [0.3, 0.4) is 0 Å². The summed E-state index contributed by atoms with van der Waals surface area (Å²) in [6, 6.07) is 8.37. The van der Waals surface area contributed by atoms with E-state index in [-0.39, 0.29) is 11.2 Å². The number of aromatic nitrogens is 3. The lowest BCUT2D eigenvalue weighted by Crippen LogP contribution is -2.34. The van der Waals surface area contributed by atoms with Crippen LogP contribution in [0, 0.1) is 5.92 Å². The van der Waals surface area contributed by atoms with Crippen LogP contribution in [-0.4, -0.2) is 51.0 Å². The first-order valence-electron chi connectivity index (χ1n) is 11.1. The first kappa shape index (κ1) is 21.2. The minimum Gasteiger partial charge on any atom is -0.497 e. The molecule has 1 aromatic carbocycles. The molecule has 6 nitrogen and oxygen atoms in total. The molecule has 162 valence electrons. The van der Waals surface area contributed by atoms with E-state index in [0.717, 1.165) is 54.6 Å². The highest BCUT2D eigenvalue weighted by molar-refractivity contribution is 8.00. The third-order valence-electron chi connectivity index (χ3n) is 6.46. The van der Waals surface area contributed by atoms with E-state index in [4.69, 9.17) is 4.74 Å². The van der Waals surface area contributed by atoms with Crippen LogP contribution in [0.15, 0.2) is 29.4 Å². The van der Waals surface area contributed by atoms with Gasteiger partial charge in [0.2, 0.25) is 5.91 Å². The Bertz CT molecular complexity index is 861. The third-order valence-corrected chi connectivity index (χ3v) is 7.50. The fourth-order valence-corrected chi connectivity index (χ4v) is 5.67. The van der Waals surface area contributed by atoms with Gasteiger partial charge in [0.25, 0.3) is 0 Å². The molecule has 0 N–H and O–H groups in total. The van der Waals surface area contributed by atoms with Crippen LogP contribution in [0.2, 0.25) is 0 Å². The van der Waals surface area contributed by atoms with Crippen LogP contribution in [0.25, 0.3) is 11.4 Å². The van der Waals surface area contributed by atoms with Gasteiger partial charge in [-0.3, -0.25) is 9.36 Å². The summed E-state index contributed by atoms with van der Waals surface area (Å²) in [5.74, 6) is 2.50. The second-order valence-electron chi connectivity index (χ2n) is 8.53. The van der Waals surface area contributed by atoms with Crippen molar-refractivity contribution in [1.29, 1.82) is 0 Å². The summed E-state index contributed by atoms with van der Waals surface area (Å²) in [4.78, 5) is 14.9. The van der Waals surface area contributed by atoms with E-state index in [2.05, 4.69) is 21.7 Å². The number of hydrogen-bond acceptors (Lipinski definition) is 5. The summed E-state index contributed by atoms with van der Waals surface area (Å²) in [5, 5.41) is 9.86. The predicted octanol–water partition coefficient (Wildman–Crippen LogP) is 4.81. The fraction of sp³-hybridized carbons (Fsp3) is 0.609. The average Bonchev–Trinajstić information content (AvgIpc) is 3.44. The van der Waals surface area contributed by atoms with Crippen LogP contribution in [0.5, 0.6) is 5.75 Å². The molecule has 1 aromatic heterocycles. The zero-order valence-electron chi connectivity index (χ0n) is 18.2. The van der Waals surface area contributed by atoms with Crippen molar-refractivity contribution in [3.05, 3.63) is 24.3 Å². The SMILES string of the molecule is COc1ccc(-c2nnc(S[C@@H](C)C(=O)N3CCCC3)n2[C@H]2CCCC[C@@H]2C)cc1. The number of thioether (sulfide) groups is 1. The fourth-order valence-electron chi connectivity index (χ4n) is 4.68. The normalized spacial score (nSPS) is 22.8. The number of hydrogen-bond donors (Lipinski definition) is 0. The lowest BCUT2D eigenvalue weighted by atomic mass is 9.85. The summed E-state index contributed by atoms with van der Waals surface area (Å²) in [6.07, 6.45) is 7.08. The lowest BCUT2D eigenvalue weighted by molar-refractivity contribution is -0.129. The summed E-state index contributed by atoms with van der Waals surface area (Å²) in [6.45, 7) is 6.09. The number of benzene rings is 1. The molecule has 0 spiro atoms. The second-order valence-corrected chi connectivity index (χ2v) is 9.83. The smallest absolute Gasteiger partial charge is 0.235 e. The van der Waals surface area contributed by atoms with Crippen molar-refractivity contribution in [2.24, 2.45) is 5.92 Å². The van der Waals surface area contributed by atoms with Crippen LogP contribution >= 0.6 is 11.8 Å². The van der Waals surface area contributed by atoms with Gasteiger partial charge in [-0.05, 0) is 62.8 Å². The van der Waals surface area contributed by atoms with Crippen LogP contribution in [0.4, 0.5) is 0 Å². The molecule has 1 aliphatic carbocycles. The Morgan fingerprint density at radius 1 is 1.10 bits per heavy atom. The molecule has 30 heavy (non-hydrogen) atoms. The van der Waals surface area contributed by atoms with E-state index < -0.39 is 0 Å². The average molecular weight is 429 g/mol. The maximum absolute atomic E-state index is 12.9. The lowest BCUT2D eigenvalue weighted by Gasteiger charge is -2.32. The molecule has 1 saturated heterocycles. The van der Waals surface area contributed by atoms with Gasteiger partial charge in [0.1, 0.15) is 5.75 Å². The predicted molar refractivity (Wildman–Crippen MR) is 120 cm³/mol. The van der Waals surface area contributed by atoms with E-state index in [1.54, 1.807) is 18.9 Å². The molecule has 4 rings (SSSR count). The first-order valence-corrected chi connectivity index (χ1v) is 12.0. The van der Waals surface area contributed by atoms with Crippen molar-refractivity contribution >= 4 is 17.7 Å². The molecule has 0 bridgehead atoms. The quantitative estimate of drug-likeness (QED) is 0.618. The van der Waals surface area contributed by atoms with Crippen LogP contribution in [0.1, 0.15) is 58.4 Å². The second kappa shape index (κ2) is 9.41. The number of amides is 1. The minimum atomic E-state index is -0.159. The van der Waals surface area contributed by atoms with Crippen LogP contribution < -0.4 is 4.74 Å². The van der Waals surface area contributed by atoms with E-state index in [1.807, 2.05) is 36.1 Å². The molecule has 1 saturated carbocycles. The number of carbonyl (C=O) groups excluding carboxylic acids is 1. The number of rotatable bonds is 6. The van der Waals surface area contributed by atoms with Gasteiger partial charge < -0.3 is 9.64 Å². The Kier molecular flexibility index (Phi) is 6.66. The molecular weight excluding hydrogens is 396 g/mol. The zero-order valence-corrected chi connectivity index (χ0v) is 19.0. The van der Waals surface area contributed by atoms with Gasteiger partial charge in [0.15, 0.2) is 11.0 Å². The number of ether oxygens (including phenoxy) is 1. The van der Waals surface area contributed by atoms with Crippen molar-refractivity contribution < 1.29 is 9.53 Å². The minimum absolute atomic E-state index is 0.159. The highest BCUT2D eigenvalue weighted by Crippen LogP contribution is 2.40. The molecule has 0 radical (unpaired) electrons. The molecule has 2 aliphatic rings. The number of nitrogens with zero attached hydrogens (tertiary/aromatic N) is 4. The van der Waals surface area contributed by atoms with Gasteiger partial charge in [-0.1, -0.05) is 31.5 Å². The summed E-state index contributed by atoms with van der Waals surface area (Å²) < 4.78 is 7.62. The van der Waals surface area contributed by atoms with Gasteiger partial charge in [-0.25, -0.2) is 0 Å². The van der Waals surface area contributed by atoms with E-state index in [9.17, 15) is 4.79 Å². The van der Waals surface area contributed by atoms with Gasteiger partial charge >= 0.3 is 0 Å². The Labute approximate surface area is 183 Å². The molecule has 3 atom stereocenters. The summed E-state index contributed by atoms with van der Waals surface area (Å²) >= 11 is 1.56. The van der Waals surface area contributed by atoms with Gasteiger partial charge in [0.05, 0.1) is 12.4 Å². The zero-order chi connectivity index (χ0) is 21.1. The van der Waals surface area contributed by atoms with Crippen molar-refractivity contribution in [2.75, 3.05) is 20.2 Å². The summed E-state index contributed by atoms with van der Waals surface area (Å²) in [5.41, 5.74) is 1.03. The Morgan fingerprint density at radius 3 is 2.47 bits per heavy atom. The van der Waals surface area contributed by atoms with E-state index in [1.165, 1.54) is 19.3 Å². The Hall–Kier alpha value is -2.02. The molecule has 2 heterocycles. The van der Waals surface area contributed by atoms with E-state index >= 15 is 0 Å². The molecule has 0 unspecified atom stereocenters. The highest BCUT2D eigenvalue weighted by atomic mass is 32.2. The molecule has 7 heteroatoms. The maximum atomic E-state index is 12.9. The molecule has 2 aromatic rings. The largest absolute Gasteiger partial charge is 0.497 e. The summed E-state index contributed by atoms with van der Waals surface area (Å²) in [7, 11) is 1.68. The molecular formula is C23H32N4O2S. The third kappa shape index (κ3) is 4.36. The van der Waals surface area contributed by atoms with Crippen molar-refractivity contribution in [3.63, 3.8) is 0 Å². The van der Waals surface area contributed by atoms with Gasteiger partial charge in [0, 0.05) is 24.7 Å². The first-order chi connectivity index (χ1) is 14.6. The Balaban J connectivity index is 1.65. The highest BCUT2D eigenvalue weighted by Gasteiger charge is 2.31. The van der Waals surface area contributed by atoms with Crippen molar-refractivity contribution in [2.45, 2.75) is 68.8 Å². The molecule has 1 amide bonds. The van der Waals surface area contributed by atoms with Crippen molar-refractivity contribution in [1.82, 2.24) is 19.7 Å². The molecule has 1 aliphatic heterocycles. The van der Waals surface area contributed by atoms with Gasteiger partial charge in [-0.15, -0.1) is 10.2 Å². The maximum Gasteiger partial charge on any atom is 0.235 e. The van der Waals surface area contributed by atoms with Crippen molar-refractivity contribution in [3.8, 4) is 17.1 Å².